The van der Waals surface area contributed by atoms with Gasteiger partial charge >= 0.3 is 0 Å². The number of methoxy groups -OCH3 is 1. The predicted octanol–water partition coefficient (Wildman–Crippen LogP) is 4.01. The first kappa shape index (κ1) is 17.3. The maximum Gasteiger partial charge on any atom is 0.245 e. The summed E-state index contributed by atoms with van der Waals surface area (Å²) in [7, 11) is -2.02. The summed E-state index contributed by atoms with van der Waals surface area (Å²) in [4.78, 5) is 0.176. The number of benzene rings is 2. The minimum absolute atomic E-state index is 0.0504. The van der Waals surface area contributed by atoms with Gasteiger partial charge in [-0.05, 0) is 55.2 Å². The number of aryl methyl sites for hydroxylation is 1. The van der Waals surface area contributed by atoms with Crippen LogP contribution in [0.5, 0.6) is 5.75 Å². The zero-order valence-corrected chi connectivity index (χ0v) is 15.3. The lowest BCUT2D eigenvalue weighted by atomic mass is 10.2. The van der Waals surface area contributed by atoms with Crippen molar-refractivity contribution in [2.45, 2.75) is 37.2 Å². The van der Waals surface area contributed by atoms with Crippen LogP contribution in [-0.2, 0) is 16.6 Å². The smallest absolute Gasteiger partial charge is 0.245 e. The van der Waals surface area contributed by atoms with Crippen LogP contribution in [0.25, 0.3) is 0 Å². The molecular weight excluding hydrogens is 346 g/mol. The van der Waals surface area contributed by atoms with Gasteiger partial charge in [-0.2, -0.15) is 4.31 Å². The second-order valence-corrected chi connectivity index (χ2v) is 8.33. The molecule has 0 spiro atoms. The molecule has 0 bridgehead atoms. The maximum absolute atomic E-state index is 13.1. The van der Waals surface area contributed by atoms with Gasteiger partial charge in [0.25, 0.3) is 0 Å². The Labute approximate surface area is 148 Å². The normalized spacial score (nSPS) is 14.8. The van der Waals surface area contributed by atoms with Crippen LogP contribution in [0.1, 0.15) is 24.0 Å². The van der Waals surface area contributed by atoms with Gasteiger partial charge in [-0.25, -0.2) is 8.42 Å². The summed E-state index contributed by atoms with van der Waals surface area (Å²) < 4.78 is 32.9. The Hall–Kier alpha value is -1.56. The van der Waals surface area contributed by atoms with Crippen LogP contribution in [0.3, 0.4) is 0 Å². The molecule has 2 aromatic carbocycles. The van der Waals surface area contributed by atoms with E-state index in [4.69, 9.17) is 16.3 Å². The molecule has 0 aromatic heterocycles. The van der Waals surface area contributed by atoms with Gasteiger partial charge in [-0.1, -0.05) is 29.8 Å². The van der Waals surface area contributed by atoms with Gasteiger partial charge in [0, 0.05) is 12.6 Å². The molecule has 0 aliphatic heterocycles. The molecule has 0 saturated heterocycles. The molecule has 1 aliphatic carbocycles. The van der Waals surface area contributed by atoms with Crippen LogP contribution in [0.15, 0.2) is 47.4 Å². The van der Waals surface area contributed by atoms with E-state index >= 15 is 0 Å². The first-order valence-electron chi connectivity index (χ1n) is 7.83. The summed E-state index contributed by atoms with van der Waals surface area (Å²) >= 11 is 6.20. The van der Waals surface area contributed by atoms with E-state index in [1.165, 1.54) is 0 Å². The molecule has 6 heteroatoms. The highest BCUT2D eigenvalue weighted by molar-refractivity contribution is 7.89. The molecule has 1 aliphatic rings. The Morgan fingerprint density at radius 3 is 2.38 bits per heavy atom. The van der Waals surface area contributed by atoms with E-state index in [1.54, 1.807) is 29.6 Å². The Balaban J connectivity index is 1.92. The first-order chi connectivity index (χ1) is 11.4. The third-order valence-corrected chi connectivity index (χ3v) is 6.51. The Kier molecular flexibility index (Phi) is 4.85. The number of rotatable bonds is 6. The number of hydrogen-bond acceptors (Lipinski definition) is 3. The Bertz CT molecular complexity index is 830. The van der Waals surface area contributed by atoms with E-state index in [0.29, 0.717) is 6.54 Å². The predicted molar refractivity (Wildman–Crippen MR) is 94.9 cm³/mol. The third kappa shape index (κ3) is 3.58. The summed E-state index contributed by atoms with van der Waals surface area (Å²) in [5.74, 6) is 0.751. The minimum atomic E-state index is -3.63. The van der Waals surface area contributed by atoms with Crippen molar-refractivity contribution in [2.24, 2.45) is 0 Å². The molecule has 0 N–H and O–H groups in total. The third-order valence-electron chi connectivity index (χ3n) is 4.13. The highest BCUT2D eigenvalue weighted by atomic mass is 35.5. The Morgan fingerprint density at radius 2 is 1.83 bits per heavy atom. The fourth-order valence-electron chi connectivity index (χ4n) is 2.63. The number of halogens is 1. The van der Waals surface area contributed by atoms with Gasteiger partial charge in [-0.3, -0.25) is 0 Å². The number of hydrogen-bond donors (Lipinski definition) is 0. The molecule has 0 amide bonds. The van der Waals surface area contributed by atoms with Crippen LogP contribution in [0, 0.1) is 6.92 Å². The first-order valence-corrected chi connectivity index (χ1v) is 9.64. The van der Waals surface area contributed by atoms with E-state index < -0.39 is 10.0 Å². The van der Waals surface area contributed by atoms with Gasteiger partial charge in [-0.15, -0.1) is 0 Å². The van der Waals surface area contributed by atoms with E-state index in [9.17, 15) is 8.42 Å². The highest BCUT2D eigenvalue weighted by Crippen LogP contribution is 2.35. The van der Waals surface area contributed by atoms with Crippen LogP contribution in [0.2, 0.25) is 5.02 Å². The summed E-state index contributed by atoms with van der Waals surface area (Å²) in [6.07, 6.45) is 1.78. The Morgan fingerprint density at radius 1 is 1.17 bits per heavy atom. The summed E-state index contributed by atoms with van der Waals surface area (Å²) in [5, 5.41) is 0.274. The van der Waals surface area contributed by atoms with E-state index in [-0.39, 0.29) is 16.0 Å². The van der Waals surface area contributed by atoms with Gasteiger partial charge in [0.05, 0.1) is 12.1 Å². The number of nitrogens with zero attached hydrogens (tertiary/aromatic N) is 1. The minimum Gasteiger partial charge on any atom is -0.497 e. The highest BCUT2D eigenvalue weighted by Gasteiger charge is 2.38. The SMILES string of the molecule is COc1ccc(CN(C2CC2)S(=O)(=O)c2ccc(C)cc2Cl)cc1. The van der Waals surface area contributed by atoms with Crippen molar-refractivity contribution in [3.05, 3.63) is 58.6 Å². The van der Waals surface area contributed by atoms with Crippen molar-refractivity contribution >= 4 is 21.6 Å². The van der Waals surface area contributed by atoms with Gasteiger partial charge in [0.2, 0.25) is 10.0 Å². The molecule has 0 heterocycles. The second kappa shape index (κ2) is 6.75. The number of sulfonamides is 1. The average Bonchev–Trinajstić information content (AvgIpc) is 3.37. The molecule has 1 saturated carbocycles. The van der Waals surface area contributed by atoms with Crippen molar-refractivity contribution in [2.75, 3.05) is 7.11 Å². The summed E-state index contributed by atoms with van der Waals surface area (Å²) in [6.45, 7) is 2.22. The van der Waals surface area contributed by atoms with Crippen molar-refractivity contribution in [3.8, 4) is 5.75 Å². The zero-order valence-electron chi connectivity index (χ0n) is 13.7. The van der Waals surface area contributed by atoms with Gasteiger partial charge < -0.3 is 4.74 Å². The lowest BCUT2D eigenvalue weighted by Gasteiger charge is -2.23. The quantitative estimate of drug-likeness (QED) is 0.777. The zero-order chi connectivity index (χ0) is 17.3. The van der Waals surface area contributed by atoms with Crippen molar-refractivity contribution in [1.29, 1.82) is 0 Å². The molecule has 0 radical (unpaired) electrons. The molecule has 0 atom stereocenters. The van der Waals surface area contributed by atoms with Crippen molar-refractivity contribution < 1.29 is 13.2 Å². The second-order valence-electron chi connectivity index (χ2n) is 6.06. The molecule has 128 valence electrons. The van der Waals surface area contributed by atoms with Crippen molar-refractivity contribution in [1.82, 2.24) is 4.31 Å². The number of ether oxygens (including phenoxy) is 1. The fraction of sp³-hybridized carbons (Fsp3) is 0.333. The molecule has 2 aromatic rings. The molecule has 0 unspecified atom stereocenters. The van der Waals surface area contributed by atoms with Crippen LogP contribution in [-0.4, -0.2) is 25.9 Å². The molecule has 24 heavy (non-hydrogen) atoms. The average molecular weight is 366 g/mol. The van der Waals surface area contributed by atoms with Crippen LogP contribution in [0.4, 0.5) is 0 Å². The van der Waals surface area contributed by atoms with Crippen LogP contribution < -0.4 is 4.74 Å². The summed E-state index contributed by atoms with van der Waals surface area (Å²) in [5.41, 5.74) is 1.86. The molecule has 1 fully saturated rings. The van der Waals surface area contributed by atoms with E-state index in [2.05, 4.69) is 0 Å². The van der Waals surface area contributed by atoms with Crippen LogP contribution >= 0.6 is 11.6 Å². The standard InChI is InChI=1S/C18H20ClNO3S/c1-13-3-10-18(17(19)11-13)24(21,22)20(15-6-7-15)12-14-4-8-16(23-2)9-5-14/h3-5,8-11,15H,6-7,12H2,1-2H3. The van der Waals surface area contributed by atoms with Gasteiger partial charge in [0.15, 0.2) is 0 Å². The van der Waals surface area contributed by atoms with Crippen molar-refractivity contribution in [3.63, 3.8) is 0 Å². The van der Waals surface area contributed by atoms with E-state index in [0.717, 1.165) is 29.7 Å². The fourth-order valence-corrected chi connectivity index (χ4v) is 4.87. The van der Waals surface area contributed by atoms with Gasteiger partial charge in [0.1, 0.15) is 10.6 Å². The lowest BCUT2D eigenvalue weighted by molar-refractivity contribution is 0.397. The largest absolute Gasteiger partial charge is 0.497 e. The van der Waals surface area contributed by atoms with E-state index in [1.807, 2.05) is 31.2 Å². The molecule has 4 nitrogen and oxygen atoms in total. The lowest BCUT2D eigenvalue weighted by Crippen LogP contribution is -2.32. The molecule has 3 rings (SSSR count). The molecular formula is C18H20ClNO3S. The summed E-state index contributed by atoms with van der Waals surface area (Å²) in [6, 6.07) is 12.6. The maximum atomic E-state index is 13.1. The monoisotopic (exact) mass is 365 g/mol. The topological polar surface area (TPSA) is 46.6 Å².